The number of benzene rings is 1. The number of nitrogens with one attached hydrogen (secondary N) is 1. The second kappa shape index (κ2) is 7.13. The third-order valence-corrected chi connectivity index (χ3v) is 4.65. The maximum atomic E-state index is 12.5. The molecule has 124 valence electrons. The van der Waals surface area contributed by atoms with Crippen molar-refractivity contribution in [2.75, 3.05) is 19.7 Å². The van der Waals surface area contributed by atoms with Crippen LogP contribution in [0.15, 0.2) is 24.3 Å². The van der Waals surface area contributed by atoms with E-state index in [9.17, 15) is 9.59 Å². The number of carbonyl (C=O) groups is 2. The third-order valence-electron chi connectivity index (χ3n) is 4.65. The van der Waals surface area contributed by atoms with E-state index in [2.05, 4.69) is 5.32 Å². The van der Waals surface area contributed by atoms with E-state index in [1.54, 1.807) is 0 Å². The van der Waals surface area contributed by atoms with Gasteiger partial charge in [-0.05, 0) is 44.7 Å². The maximum Gasteiger partial charge on any atom is 0.253 e. The Bertz CT molecular complexity index is 556. The van der Waals surface area contributed by atoms with Gasteiger partial charge >= 0.3 is 0 Å². The summed E-state index contributed by atoms with van der Waals surface area (Å²) in [5.74, 6) is 0.0831. The van der Waals surface area contributed by atoms with Crippen LogP contribution in [0.5, 0.6) is 0 Å². The third kappa shape index (κ3) is 3.91. The highest BCUT2D eigenvalue weighted by atomic mass is 16.5. The molecule has 0 aromatic heterocycles. The van der Waals surface area contributed by atoms with Gasteiger partial charge in [0.05, 0.1) is 0 Å². The molecule has 2 saturated heterocycles. The number of hydrogen-bond donors (Lipinski definition) is 1. The molecule has 5 heteroatoms. The molecule has 2 aliphatic rings. The van der Waals surface area contributed by atoms with Crippen LogP contribution in [0, 0.1) is 6.92 Å². The van der Waals surface area contributed by atoms with Crippen LogP contribution in [0.3, 0.4) is 0 Å². The fraction of sp³-hybridized carbons (Fsp3) is 0.556. The van der Waals surface area contributed by atoms with Crippen LogP contribution in [0.4, 0.5) is 0 Å². The number of rotatable bonds is 3. The summed E-state index contributed by atoms with van der Waals surface area (Å²) in [6.07, 6.45) is 3.10. The number of aryl methyl sites for hydroxylation is 1. The number of nitrogens with zero attached hydrogens (tertiary/aromatic N) is 1. The minimum Gasteiger partial charge on any atom is -0.368 e. The first-order valence-corrected chi connectivity index (χ1v) is 8.41. The molecule has 1 aromatic rings. The van der Waals surface area contributed by atoms with E-state index in [1.165, 1.54) is 0 Å². The van der Waals surface area contributed by atoms with Crippen molar-refractivity contribution in [1.82, 2.24) is 10.2 Å². The van der Waals surface area contributed by atoms with Crippen molar-refractivity contribution in [2.24, 2.45) is 0 Å². The van der Waals surface area contributed by atoms with Crippen LogP contribution in [-0.2, 0) is 9.53 Å². The molecule has 1 aromatic carbocycles. The fourth-order valence-corrected chi connectivity index (χ4v) is 3.18. The van der Waals surface area contributed by atoms with Gasteiger partial charge in [-0.2, -0.15) is 0 Å². The Kier molecular flexibility index (Phi) is 4.96. The average molecular weight is 316 g/mol. The number of piperidine rings is 1. The second-order valence-electron chi connectivity index (χ2n) is 6.44. The SMILES string of the molecule is Cc1ccc(C(=O)N2CCC(NC(=O)C3CCCO3)CC2)cc1. The van der Waals surface area contributed by atoms with Gasteiger partial charge in [0.1, 0.15) is 6.10 Å². The molecule has 5 nitrogen and oxygen atoms in total. The van der Waals surface area contributed by atoms with E-state index in [4.69, 9.17) is 4.74 Å². The summed E-state index contributed by atoms with van der Waals surface area (Å²) in [6.45, 7) is 4.06. The van der Waals surface area contributed by atoms with Crippen molar-refractivity contribution < 1.29 is 14.3 Å². The Morgan fingerprint density at radius 2 is 1.83 bits per heavy atom. The highest BCUT2D eigenvalue weighted by molar-refractivity contribution is 5.94. The predicted molar refractivity (Wildman–Crippen MR) is 87.2 cm³/mol. The first kappa shape index (κ1) is 16.0. The normalized spacial score (nSPS) is 22.1. The average Bonchev–Trinajstić information content (AvgIpc) is 3.10. The Hall–Kier alpha value is -1.88. The second-order valence-corrected chi connectivity index (χ2v) is 6.44. The van der Waals surface area contributed by atoms with Gasteiger partial charge in [0.15, 0.2) is 0 Å². The Balaban J connectivity index is 1.49. The molecule has 0 spiro atoms. The number of amides is 2. The number of hydrogen-bond acceptors (Lipinski definition) is 3. The lowest BCUT2D eigenvalue weighted by molar-refractivity contribution is -0.131. The summed E-state index contributed by atoms with van der Waals surface area (Å²) >= 11 is 0. The van der Waals surface area contributed by atoms with Crippen LogP contribution in [0.25, 0.3) is 0 Å². The van der Waals surface area contributed by atoms with Crippen molar-refractivity contribution in [3.05, 3.63) is 35.4 Å². The summed E-state index contributed by atoms with van der Waals surface area (Å²) in [5, 5.41) is 3.07. The summed E-state index contributed by atoms with van der Waals surface area (Å²) in [7, 11) is 0. The molecule has 1 N–H and O–H groups in total. The van der Waals surface area contributed by atoms with Gasteiger partial charge in [0.2, 0.25) is 5.91 Å². The number of likely N-dealkylation sites (tertiary alicyclic amines) is 1. The molecule has 2 fully saturated rings. The highest BCUT2D eigenvalue weighted by Crippen LogP contribution is 2.17. The van der Waals surface area contributed by atoms with Gasteiger partial charge in [-0.15, -0.1) is 0 Å². The molecule has 1 unspecified atom stereocenters. The van der Waals surface area contributed by atoms with Crippen molar-refractivity contribution >= 4 is 11.8 Å². The monoisotopic (exact) mass is 316 g/mol. The van der Waals surface area contributed by atoms with E-state index in [1.807, 2.05) is 36.1 Å². The largest absolute Gasteiger partial charge is 0.368 e. The Morgan fingerprint density at radius 1 is 1.13 bits per heavy atom. The molecule has 2 heterocycles. The lowest BCUT2D eigenvalue weighted by Gasteiger charge is -2.33. The number of ether oxygens (including phenoxy) is 1. The van der Waals surface area contributed by atoms with Crippen LogP contribution in [0.1, 0.15) is 41.6 Å². The van der Waals surface area contributed by atoms with Crippen LogP contribution in [-0.4, -0.2) is 48.6 Å². The molecule has 3 rings (SSSR count). The molecule has 2 aliphatic heterocycles. The molecule has 0 bridgehead atoms. The smallest absolute Gasteiger partial charge is 0.253 e. The molecule has 2 amide bonds. The minimum absolute atomic E-state index is 0.00538. The predicted octanol–water partition coefficient (Wildman–Crippen LogP) is 1.89. The minimum atomic E-state index is -0.276. The van der Waals surface area contributed by atoms with Gasteiger partial charge < -0.3 is 15.0 Å². The highest BCUT2D eigenvalue weighted by Gasteiger charge is 2.28. The molecule has 0 radical (unpaired) electrons. The van der Waals surface area contributed by atoms with Gasteiger partial charge in [-0.25, -0.2) is 0 Å². The lowest BCUT2D eigenvalue weighted by Crippen LogP contribution is -2.48. The van der Waals surface area contributed by atoms with Gasteiger partial charge in [0.25, 0.3) is 5.91 Å². The maximum absolute atomic E-state index is 12.5. The summed E-state index contributed by atoms with van der Waals surface area (Å²) in [5.41, 5.74) is 1.88. The van der Waals surface area contributed by atoms with Crippen molar-refractivity contribution in [3.8, 4) is 0 Å². The molecular weight excluding hydrogens is 292 g/mol. The van der Waals surface area contributed by atoms with Crippen LogP contribution < -0.4 is 5.32 Å². The van der Waals surface area contributed by atoms with Crippen LogP contribution in [0.2, 0.25) is 0 Å². The van der Waals surface area contributed by atoms with E-state index in [-0.39, 0.29) is 24.0 Å². The summed E-state index contributed by atoms with van der Waals surface area (Å²) < 4.78 is 5.41. The first-order valence-electron chi connectivity index (χ1n) is 8.41. The van der Waals surface area contributed by atoms with Crippen LogP contribution >= 0.6 is 0 Å². The fourth-order valence-electron chi connectivity index (χ4n) is 3.18. The van der Waals surface area contributed by atoms with E-state index >= 15 is 0 Å². The zero-order chi connectivity index (χ0) is 16.2. The summed E-state index contributed by atoms with van der Waals surface area (Å²) in [6, 6.07) is 7.82. The quantitative estimate of drug-likeness (QED) is 0.926. The van der Waals surface area contributed by atoms with Crippen molar-refractivity contribution in [2.45, 2.75) is 44.8 Å². The molecule has 23 heavy (non-hydrogen) atoms. The summed E-state index contributed by atoms with van der Waals surface area (Å²) in [4.78, 5) is 26.4. The zero-order valence-electron chi connectivity index (χ0n) is 13.6. The molecular formula is C18H24N2O3. The van der Waals surface area contributed by atoms with E-state index in [0.29, 0.717) is 19.7 Å². The van der Waals surface area contributed by atoms with Crippen molar-refractivity contribution in [3.63, 3.8) is 0 Å². The standard InChI is InChI=1S/C18H24N2O3/c1-13-4-6-14(7-5-13)18(22)20-10-8-15(9-11-20)19-17(21)16-3-2-12-23-16/h4-7,15-16H,2-3,8-12H2,1H3,(H,19,21). The van der Waals surface area contributed by atoms with Crippen molar-refractivity contribution in [1.29, 1.82) is 0 Å². The van der Waals surface area contributed by atoms with E-state index in [0.717, 1.165) is 36.8 Å². The number of carbonyl (C=O) groups excluding carboxylic acids is 2. The van der Waals surface area contributed by atoms with E-state index < -0.39 is 0 Å². The first-order chi connectivity index (χ1) is 11.1. The zero-order valence-corrected chi connectivity index (χ0v) is 13.6. The lowest BCUT2D eigenvalue weighted by atomic mass is 10.0. The van der Waals surface area contributed by atoms with Gasteiger partial charge in [0, 0.05) is 31.3 Å². The van der Waals surface area contributed by atoms with Gasteiger partial charge in [-0.3, -0.25) is 9.59 Å². The topological polar surface area (TPSA) is 58.6 Å². The Morgan fingerprint density at radius 3 is 2.43 bits per heavy atom. The molecule has 0 saturated carbocycles. The van der Waals surface area contributed by atoms with Gasteiger partial charge in [-0.1, -0.05) is 17.7 Å². The molecule has 0 aliphatic carbocycles. The Labute approximate surface area is 137 Å². The molecule has 1 atom stereocenters.